The molecule has 1 N–H and O–H groups in total. The third kappa shape index (κ3) is 6.33. The Kier molecular flexibility index (Phi) is 8.75. The molecule has 200 valence electrons. The van der Waals surface area contributed by atoms with Crippen LogP contribution in [0, 0.1) is 11.3 Å². The van der Waals surface area contributed by atoms with Gasteiger partial charge in [-0.3, -0.25) is 18.4 Å². The van der Waals surface area contributed by atoms with Gasteiger partial charge in [-0.05, 0) is 68.3 Å². The van der Waals surface area contributed by atoms with Crippen LogP contribution in [0.5, 0.6) is 0 Å². The van der Waals surface area contributed by atoms with Crippen molar-refractivity contribution in [2.45, 2.75) is 27.0 Å². The third-order valence-corrected chi connectivity index (χ3v) is 7.58. The van der Waals surface area contributed by atoms with Gasteiger partial charge >= 0.3 is 7.82 Å². The van der Waals surface area contributed by atoms with Crippen LogP contribution in [0.1, 0.15) is 32.6 Å². The fourth-order valence-corrected chi connectivity index (χ4v) is 5.48. The number of carbonyl (C=O) groups excluding carboxylic acids is 1. The molecule has 0 aliphatic carbocycles. The first-order valence-corrected chi connectivity index (χ1v) is 13.9. The number of hydrogen-bond donors (Lipinski definition) is 1. The molecule has 10 heteroatoms. The average Bonchev–Trinajstić information content (AvgIpc) is 3.32. The van der Waals surface area contributed by atoms with Crippen molar-refractivity contribution in [1.82, 2.24) is 9.55 Å². The zero-order valence-electron chi connectivity index (χ0n) is 22.0. The second-order valence-electron chi connectivity index (χ2n) is 8.50. The summed E-state index contributed by atoms with van der Waals surface area (Å²) in [6, 6.07) is 18.8. The fourth-order valence-electron chi connectivity index (χ4n) is 4.17. The molecule has 9 nitrogen and oxygen atoms in total. The van der Waals surface area contributed by atoms with Gasteiger partial charge in [0.1, 0.15) is 11.9 Å². The number of rotatable bonds is 11. The maximum Gasteiger partial charge on any atom is 0.476 e. The lowest BCUT2D eigenvalue weighted by Crippen LogP contribution is -2.10. The molecule has 2 aromatic heterocycles. The quantitative estimate of drug-likeness (QED) is 0.158. The van der Waals surface area contributed by atoms with Crippen LogP contribution in [0.15, 0.2) is 79.6 Å². The largest absolute Gasteiger partial charge is 0.476 e. The van der Waals surface area contributed by atoms with Crippen molar-refractivity contribution in [2.24, 2.45) is 0 Å². The van der Waals surface area contributed by atoms with Crippen LogP contribution in [0.4, 0.5) is 5.69 Å². The van der Waals surface area contributed by atoms with E-state index in [2.05, 4.69) is 18.0 Å². The number of benzene rings is 2. The number of amides is 1. The van der Waals surface area contributed by atoms with E-state index in [9.17, 15) is 14.6 Å². The van der Waals surface area contributed by atoms with Gasteiger partial charge in [-0.1, -0.05) is 30.8 Å². The predicted molar refractivity (Wildman–Crippen MR) is 151 cm³/mol. The lowest BCUT2D eigenvalue weighted by molar-refractivity contribution is -0.111. The van der Waals surface area contributed by atoms with E-state index in [1.54, 1.807) is 49.7 Å². The topological polar surface area (TPSA) is 115 Å². The highest BCUT2D eigenvalue weighted by Crippen LogP contribution is 2.52. The molecule has 0 spiro atoms. The van der Waals surface area contributed by atoms with Gasteiger partial charge in [-0.25, -0.2) is 9.55 Å². The Labute approximate surface area is 227 Å². The summed E-state index contributed by atoms with van der Waals surface area (Å²) in [7, 11) is -3.80. The molecule has 0 aliphatic heterocycles. The van der Waals surface area contributed by atoms with E-state index in [0.29, 0.717) is 16.9 Å². The number of phosphoric acid groups is 1. The van der Waals surface area contributed by atoms with E-state index in [1.165, 1.54) is 6.08 Å². The van der Waals surface area contributed by atoms with Gasteiger partial charge in [-0.15, -0.1) is 0 Å². The molecule has 0 aliphatic rings. The Morgan fingerprint density at radius 2 is 1.85 bits per heavy atom. The minimum absolute atomic E-state index is 0.163. The molecule has 0 bridgehead atoms. The molecule has 2 aromatic carbocycles. The number of nitrogens with one attached hydrogen (secondary N) is 1. The molecule has 0 saturated heterocycles. The van der Waals surface area contributed by atoms with Gasteiger partial charge in [0, 0.05) is 34.6 Å². The van der Waals surface area contributed by atoms with Gasteiger partial charge in [0.05, 0.1) is 24.8 Å². The van der Waals surface area contributed by atoms with Gasteiger partial charge in [0.2, 0.25) is 5.91 Å². The number of phosphoric ester groups is 1. The summed E-state index contributed by atoms with van der Waals surface area (Å²) >= 11 is 0. The van der Waals surface area contributed by atoms with Crippen LogP contribution in [0.3, 0.4) is 0 Å². The van der Waals surface area contributed by atoms with Crippen LogP contribution in [-0.2, 0) is 22.9 Å². The van der Waals surface area contributed by atoms with Gasteiger partial charge < -0.3 is 9.88 Å². The normalized spacial score (nSPS) is 12.2. The summed E-state index contributed by atoms with van der Waals surface area (Å²) in [5, 5.41) is 13.0. The molecule has 4 aromatic rings. The summed E-state index contributed by atoms with van der Waals surface area (Å²) in [6.07, 6.45) is 4.04. The van der Waals surface area contributed by atoms with Gasteiger partial charge in [0.15, 0.2) is 0 Å². The van der Waals surface area contributed by atoms with Gasteiger partial charge in [-0.2, -0.15) is 5.26 Å². The van der Waals surface area contributed by atoms with E-state index in [0.717, 1.165) is 27.6 Å². The lowest BCUT2D eigenvalue weighted by Gasteiger charge is -2.22. The maximum atomic E-state index is 13.1. The number of carbonyl (C=O) groups is 1. The average molecular weight is 545 g/mol. The number of hydrogen-bond acceptors (Lipinski definition) is 7. The van der Waals surface area contributed by atoms with Crippen molar-refractivity contribution in [2.75, 3.05) is 18.5 Å². The molecule has 4 rings (SSSR count). The summed E-state index contributed by atoms with van der Waals surface area (Å²) < 4.78 is 31.3. The summed E-state index contributed by atoms with van der Waals surface area (Å²) in [4.78, 5) is 16.5. The van der Waals surface area contributed by atoms with Crippen LogP contribution < -0.4 is 5.32 Å². The van der Waals surface area contributed by atoms with Crippen molar-refractivity contribution in [3.63, 3.8) is 0 Å². The molecular formula is C29H29N4O5P. The number of anilines is 1. The first-order valence-electron chi connectivity index (χ1n) is 12.4. The number of nitrogens with zero attached hydrogens (tertiary/aromatic N) is 3. The Hall–Kier alpha value is -4.06. The van der Waals surface area contributed by atoms with Crippen LogP contribution >= 0.6 is 7.82 Å². The van der Waals surface area contributed by atoms with Crippen molar-refractivity contribution < 1.29 is 22.9 Å². The number of aromatic nitrogens is 2. The molecule has 0 saturated carbocycles. The molecule has 1 atom stereocenters. The molecule has 0 radical (unpaired) electrons. The first kappa shape index (κ1) is 28.0. The highest BCUT2D eigenvalue weighted by molar-refractivity contribution is 7.48. The molecule has 1 amide bonds. The van der Waals surface area contributed by atoms with Gasteiger partial charge in [0.25, 0.3) is 0 Å². The molecular weight excluding hydrogens is 515 g/mol. The summed E-state index contributed by atoms with van der Waals surface area (Å²) in [6.45, 7) is 8.99. The zero-order valence-corrected chi connectivity index (χ0v) is 22.9. The molecule has 2 heterocycles. The first-order chi connectivity index (χ1) is 18.8. The van der Waals surface area contributed by atoms with Crippen LogP contribution in [-0.4, -0.2) is 28.7 Å². The van der Waals surface area contributed by atoms with Crippen molar-refractivity contribution in [1.29, 1.82) is 5.26 Å². The smallest absolute Gasteiger partial charge is 0.323 e. The fraction of sp³-hybridized carbons (Fsp3) is 0.207. The van der Waals surface area contributed by atoms with Crippen LogP contribution in [0.2, 0.25) is 0 Å². The molecule has 1 unspecified atom stereocenters. The minimum Gasteiger partial charge on any atom is -0.323 e. The lowest BCUT2D eigenvalue weighted by atomic mass is 10.0. The SMILES string of the molecule is C=CC(=O)Nc1cccc(-c2cnc3c(c2)c(-c2cccc(C#N)c2)cn3C(C)OP(=O)(OCC)OCC)c1. The summed E-state index contributed by atoms with van der Waals surface area (Å²) in [5.41, 5.74) is 5.01. The van der Waals surface area contributed by atoms with Crippen molar-refractivity contribution >= 4 is 30.5 Å². The predicted octanol–water partition coefficient (Wildman–Crippen LogP) is 7.08. The maximum absolute atomic E-state index is 13.1. The minimum atomic E-state index is -3.80. The Morgan fingerprint density at radius 3 is 2.54 bits per heavy atom. The number of nitriles is 1. The van der Waals surface area contributed by atoms with Crippen LogP contribution in [0.25, 0.3) is 33.3 Å². The van der Waals surface area contributed by atoms with Crippen molar-refractivity contribution in [3.8, 4) is 28.3 Å². The second-order valence-corrected chi connectivity index (χ2v) is 10.1. The van der Waals surface area contributed by atoms with E-state index in [1.807, 2.05) is 42.6 Å². The van der Waals surface area contributed by atoms with E-state index in [-0.39, 0.29) is 19.1 Å². The zero-order chi connectivity index (χ0) is 28.0. The number of pyridine rings is 1. The highest BCUT2D eigenvalue weighted by Gasteiger charge is 2.30. The summed E-state index contributed by atoms with van der Waals surface area (Å²) in [5.74, 6) is -0.303. The third-order valence-electron chi connectivity index (χ3n) is 5.87. The number of fused-ring (bicyclic) bond motifs is 1. The molecule has 0 fully saturated rings. The van der Waals surface area contributed by atoms with Crippen molar-refractivity contribution in [3.05, 3.63) is 85.2 Å². The Balaban J connectivity index is 1.84. The highest BCUT2D eigenvalue weighted by atomic mass is 31.2. The van der Waals surface area contributed by atoms with E-state index >= 15 is 0 Å². The monoisotopic (exact) mass is 544 g/mol. The Morgan fingerprint density at radius 1 is 1.13 bits per heavy atom. The van der Waals surface area contributed by atoms with E-state index < -0.39 is 14.1 Å². The standard InChI is InChI=1S/C29H29N4O5P/c1-5-28(34)32-25-13-9-11-22(15-25)24-16-26-27(23-12-8-10-21(14-23)17-30)19-33(29(26)31-18-24)20(4)38-39(35,36-6-2)37-7-3/h5,8-16,18-20H,1,6-7H2,2-4H3,(H,32,34). The Bertz CT molecular complexity index is 1600. The second kappa shape index (κ2) is 12.2. The molecule has 39 heavy (non-hydrogen) atoms. The van der Waals surface area contributed by atoms with E-state index in [4.69, 9.17) is 18.6 Å².